The standard InChI is InChI=1S/C12H23/c1-4-6-12-9-11(5-2)8-7-10(12)3/h11-12H,4-9H2,1-3H3. The van der Waals surface area contributed by atoms with E-state index in [1.165, 1.54) is 38.5 Å². The van der Waals surface area contributed by atoms with Crippen LogP contribution in [0.1, 0.15) is 59.3 Å². The van der Waals surface area contributed by atoms with E-state index in [1.54, 1.807) is 5.92 Å². The molecule has 1 rings (SSSR count). The molecule has 2 atom stereocenters. The highest BCUT2D eigenvalue weighted by Gasteiger charge is 2.25. The molecule has 1 aliphatic carbocycles. The Labute approximate surface area is 77.7 Å². The van der Waals surface area contributed by atoms with E-state index in [1.807, 2.05) is 0 Å². The molecule has 0 bridgehead atoms. The quantitative estimate of drug-likeness (QED) is 0.590. The van der Waals surface area contributed by atoms with Crippen LogP contribution in [0.15, 0.2) is 0 Å². The van der Waals surface area contributed by atoms with Crippen molar-refractivity contribution in [2.45, 2.75) is 59.3 Å². The molecule has 0 aromatic rings. The molecule has 0 N–H and O–H groups in total. The molecule has 0 nitrogen and oxygen atoms in total. The Bertz CT molecular complexity index is 117. The van der Waals surface area contributed by atoms with E-state index in [-0.39, 0.29) is 0 Å². The van der Waals surface area contributed by atoms with Gasteiger partial charge in [-0.15, -0.1) is 0 Å². The third-order valence-electron chi connectivity index (χ3n) is 3.48. The molecule has 0 spiro atoms. The van der Waals surface area contributed by atoms with Crippen LogP contribution in [0.2, 0.25) is 0 Å². The van der Waals surface area contributed by atoms with E-state index in [9.17, 15) is 0 Å². The van der Waals surface area contributed by atoms with Gasteiger partial charge in [0.1, 0.15) is 0 Å². The molecule has 1 aliphatic rings. The number of hydrogen-bond donors (Lipinski definition) is 0. The fourth-order valence-electron chi connectivity index (χ4n) is 2.44. The van der Waals surface area contributed by atoms with Gasteiger partial charge in [-0.1, -0.05) is 40.0 Å². The topological polar surface area (TPSA) is 0 Å². The summed E-state index contributed by atoms with van der Waals surface area (Å²) in [6.07, 6.45) is 8.54. The van der Waals surface area contributed by atoms with E-state index >= 15 is 0 Å². The average Bonchev–Trinajstić information content (AvgIpc) is 2.09. The molecular weight excluding hydrogens is 144 g/mol. The minimum atomic E-state index is 0.966. The first-order valence-corrected chi connectivity index (χ1v) is 5.60. The zero-order chi connectivity index (χ0) is 8.97. The van der Waals surface area contributed by atoms with Crippen LogP contribution < -0.4 is 0 Å². The van der Waals surface area contributed by atoms with Gasteiger partial charge in [0, 0.05) is 0 Å². The number of hydrogen-bond acceptors (Lipinski definition) is 0. The highest BCUT2D eigenvalue weighted by Crippen LogP contribution is 2.38. The average molecular weight is 167 g/mol. The lowest BCUT2D eigenvalue weighted by molar-refractivity contribution is 0.275. The summed E-state index contributed by atoms with van der Waals surface area (Å²) in [5.41, 5.74) is 0. The van der Waals surface area contributed by atoms with Gasteiger partial charge in [0.15, 0.2) is 0 Å². The lowest BCUT2D eigenvalue weighted by atomic mass is 9.72. The predicted molar refractivity (Wildman–Crippen MR) is 54.9 cm³/mol. The first-order valence-electron chi connectivity index (χ1n) is 5.60. The molecule has 71 valence electrons. The maximum atomic E-state index is 2.37. The van der Waals surface area contributed by atoms with Gasteiger partial charge < -0.3 is 0 Å². The highest BCUT2D eigenvalue weighted by molar-refractivity contribution is 4.96. The lowest BCUT2D eigenvalue weighted by Gasteiger charge is -2.33. The summed E-state index contributed by atoms with van der Waals surface area (Å²) in [6, 6.07) is 0. The number of rotatable bonds is 3. The van der Waals surface area contributed by atoms with Crippen molar-refractivity contribution in [1.82, 2.24) is 0 Å². The third kappa shape index (κ3) is 2.50. The van der Waals surface area contributed by atoms with Crippen molar-refractivity contribution in [3.05, 3.63) is 5.92 Å². The van der Waals surface area contributed by atoms with Crippen LogP contribution in [-0.2, 0) is 0 Å². The second-order valence-electron chi connectivity index (χ2n) is 4.38. The van der Waals surface area contributed by atoms with Crippen LogP contribution in [0.3, 0.4) is 0 Å². The molecule has 12 heavy (non-hydrogen) atoms. The van der Waals surface area contributed by atoms with Gasteiger partial charge >= 0.3 is 0 Å². The minimum Gasteiger partial charge on any atom is -0.0654 e. The van der Waals surface area contributed by atoms with Crippen molar-refractivity contribution in [3.8, 4) is 0 Å². The summed E-state index contributed by atoms with van der Waals surface area (Å²) in [6.45, 7) is 7.02. The summed E-state index contributed by atoms with van der Waals surface area (Å²) < 4.78 is 0. The summed E-state index contributed by atoms with van der Waals surface area (Å²) >= 11 is 0. The zero-order valence-electron chi connectivity index (χ0n) is 8.90. The molecule has 0 saturated heterocycles. The Kier molecular flexibility index (Phi) is 4.11. The molecule has 1 radical (unpaired) electrons. The van der Waals surface area contributed by atoms with Gasteiger partial charge in [-0.3, -0.25) is 0 Å². The van der Waals surface area contributed by atoms with Crippen molar-refractivity contribution in [1.29, 1.82) is 0 Å². The first kappa shape index (κ1) is 10.1. The summed E-state index contributed by atoms with van der Waals surface area (Å²) in [4.78, 5) is 0. The SMILES string of the molecule is CCCC1CC(CC)CC[C]1C. The molecular formula is C12H23. The van der Waals surface area contributed by atoms with Crippen LogP contribution in [0.5, 0.6) is 0 Å². The molecule has 2 unspecified atom stereocenters. The van der Waals surface area contributed by atoms with Crippen LogP contribution in [0.4, 0.5) is 0 Å². The highest BCUT2D eigenvalue weighted by atomic mass is 14.3. The van der Waals surface area contributed by atoms with E-state index in [0.717, 1.165) is 11.8 Å². The maximum Gasteiger partial charge on any atom is -0.0241 e. The maximum absolute atomic E-state index is 2.37. The van der Waals surface area contributed by atoms with Gasteiger partial charge in [0.05, 0.1) is 0 Å². The van der Waals surface area contributed by atoms with Crippen LogP contribution in [0.25, 0.3) is 0 Å². The second-order valence-corrected chi connectivity index (χ2v) is 4.38. The molecule has 0 heterocycles. The first-order chi connectivity index (χ1) is 5.77. The Morgan fingerprint density at radius 2 is 2.08 bits per heavy atom. The Morgan fingerprint density at radius 1 is 1.33 bits per heavy atom. The van der Waals surface area contributed by atoms with E-state index in [0.29, 0.717) is 0 Å². The van der Waals surface area contributed by atoms with Crippen molar-refractivity contribution in [3.63, 3.8) is 0 Å². The largest absolute Gasteiger partial charge is 0.0654 e. The van der Waals surface area contributed by atoms with Crippen LogP contribution in [0, 0.1) is 17.8 Å². The molecule has 1 fully saturated rings. The second kappa shape index (κ2) is 4.89. The van der Waals surface area contributed by atoms with Gasteiger partial charge in [0.25, 0.3) is 0 Å². The zero-order valence-corrected chi connectivity index (χ0v) is 8.90. The van der Waals surface area contributed by atoms with Crippen LogP contribution >= 0.6 is 0 Å². The Morgan fingerprint density at radius 3 is 2.67 bits per heavy atom. The minimum absolute atomic E-state index is 0.966. The van der Waals surface area contributed by atoms with Gasteiger partial charge in [-0.2, -0.15) is 0 Å². The Balaban J connectivity index is 2.36. The molecule has 0 heteroatoms. The van der Waals surface area contributed by atoms with Gasteiger partial charge in [-0.05, 0) is 37.0 Å². The van der Waals surface area contributed by atoms with E-state index in [2.05, 4.69) is 20.8 Å². The summed E-state index contributed by atoms with van der Waals surface area (Å²) in [5.74, 6) is 3.78. The lowest BCUT2D eigenvalue weighted by Crippen LogP contribution is -2.21. The summed E-state index contributed by atoms with van der Waals surface area (Å²) in [5, 5.41) is 0. The van der Waals surface area contributed by atoms with Crippen molar-refractivity contribution in [2.24, 2.45) is 11.8 Å². The molecule has 0 aromatic carbocycles. The molecule has 0 aromatic heterocycles. The summed E-state index contributed by atoms with van der Waals surface area (Å²) in [7, 11) is 0. The fraction of sp³-hybridized carbons (Fsp3) is 0.917. The van der Waals surface area contributed by atoms with Crippen molar-refractivity contribution >= 4 is 0 Å². The van der Waals surface area contributed by atoms with E-state index in [4.69, 9.17) is 0 Å². The molecule has 0 amide bonds. The third-order valence-corrected chi connectivity index (χ3v) is 3.48. The van der Waals surface area contributed by atoms with Gasteiger partial charge in [-0.25, -0.2) is 0 Å². The Hall–Kier alpha value is 0. The van der Waals surface area contributed by atoms with Gasteiger partial charge in [0.2, 0.25) is 0 Å². The monoisotopic (exact) mass is 167 g/mol. The van der Waals surface area contributed by atoms with Crippen LogP contribution in [-0.4, -0.2) is 0 Å². The molecule has 0 aliphatic heterocycles. The van der Waals surface area contributed by atoms with Crippen molar-refractivity contribution < 1.29 is 0 Å². The van der Waals surface area contributed by atoms with Crippen molar-refractivity contribution in [2.75, 3.05) is 0 Å². The van der Waals surface area contributed by atoms with E-state index < -0.39 is 0 Å². The fourth-order valence-corrected chi connectivity index (χ4v) is 2.44. The normalized spacial score (nSPS) is 32.2. The molecule has 1 saturated carbocycles. The predicted octanol–water partition coefficient (Wildman–Crippen LogP) is 4.21. The smallest absolute Gasteiger partial charge is 0.0241 e.